The molecule has 0 saturated carbocycles. The molecule has 3 rings (SSSR count). The topological polar surface area (TPSA) is 95.6 Å². The second-order valence-corrected chi connectivity index (χ2v) is 9.62. The summed E-state index contributed by atoms with van der Waals surface area (Å²) in [6.45, 7) is 0. The number of nitrogens with zero attached hydrogens (tertiary/aromatic N) is 1. The fraction of sp³-hybridized carbons (Fsp3) is 0.167. The summed E-state index contributed by atoms with van der Waals surface area (Å²) in [5, 5.41) is 5.41. The van der Waals surface area contributed by atoms with Crippen molar-refractivity contribution in [2.75, 3.05) is 19.4 Å². The minimum Gasteiger partial charge on any atom is -0.340 e. The van der Waals surface area contributed by atoms with E-state index in [-0.39, 0.29) is 12.0 Å². The number of rotatable bonds is 8. The van der Waals surface area contributed by atoms with E-state index in [0.29, 0.717) is 5.69 Å². The molecule has 0 saturated heterocycles. The number of hydrogen-bond acceptors (Lipinski definition) is 4. The molecule has 0 aromatic heterocycles. The van der Waals surface area contributed by atoms with Crippen LogP contribution in [0.4, 0.5) is 10.1 Å². The highest BCUT2D eigenvalue weighted by Crippen LogP contribution is 2.19. The first kappa shape index (κ1) is 24.1. The van der Waals surface area contributed by atoms with Gasteiger partial charge in [-0.25, -0.2) is 17.1 Å². The van der Waals surface area contributed by atoms with Crippen LogP contribution in [0.3, 0.4) is 0 Å². The monoisotopic (exact) mass is 469 g/mol. The average Bonchev–Trinajstić information content (AvgIpc) is 2.80. The zero-order valence-electron chi connectivity index (χ0n) is 18.2. The highest BCUT2D eigenvalue weighted by atomic mass is 32.2. The van der Waals surface area contributed by atoms with Crippen LogP contribution in [0.25, 0.3) is 0 Å². The van der Waals surface area contributed by atoms with Crippen LogP contribution < -0.4 is 10.6 Å². The molecule has 2 N–H and O–H groups in total. The Bertz CT molecular complexity index is 1230. The molecule has 0 aliphatic carbocycles. The van der Waals surface area contributed by atoms with Gasteiger partial charge in [-0.2, -0.15) is 0 Å². The number of benzene rings is 3. The molecule has 0 aliphatic heterocycles. The largest absolute Gasteiger partial charge is 0.340 e. The van der Waals surface area contributed by atoms with Gasteiger partial charge in [0.1, 0.15) is 16.8 Å². The van der Waals surface area contributed by atoms with Crippen molar-refractivity contribution < 1.29 is 22.4 Å². The Morgan fingerprint density at radius 1 is 0.939 bits per heavy atom. The molecule has 0 bridgehead atoms. The van der Waals surface area contributed by atoms with Gasteiger partial charge in [-0.1, -0.05) is 48.5 Å². The quantitative estimate of drug-likeness (QED) is 0.530. The first-order valence-electron chi connectivity index (χ1n) is 10.1. The molecule has 1 atom stereocenters. The van der Waals surface area contributed by atoms with Gasteiger partial charge in [-0.3, -0.25) is 9.59 Å². The van der Waals surface area contributed by atoms with E-state index in [9.17, 15) is 22.4 Å². The van der Waals surface area contributed by atoms with Gasteiger partial charge >= 0.3 is 0 Å². The van der Waals surface area contributed by atoms with Crippen molar-refractivity contribution in [1.82, 2.24) is 9.62 Å². The van der Waals surface area contributed by atoms with Gasteiger partial charge in [-0.05, 0) is 35.9 Å². The summed E-state index contributed by atoms with van der Waals surface area (Å²) in [4.78, 5) is 25.3. The number of nitrogens with one attached hydrogen (secondary N) is 2. The molecule has 9 heteroatoms. The van der Waals surface area contributed by atoms with Crippen molar-refractivity contribution in [3.63, 3.8) is 0 Å². The van der Waals surface area contributed by atoms with Gasteiger partial charge in [0.15, 0.2) is 0 Å². The fourth-order valence-corrected chi connectivity index (χ4v) is 4.07. The number of carbonyl (C=O) groups is 2. The first-order chi connectivity index (χ1) is 15.7. The maximum atomic E-state index is 14.2. The number of halogens is 1. The summed E-state index contributed by atoms with van der Waals surface area (Å²) in [5.41, 5.74) is 1.30. The van der Waals surface area contributed by atoms with Crippen LogP contribution >= 0.6 is 0 Å². The molecule has 1 unspecified atom stereocenters. The highest BCUT2D eigenvalue weighted by molar-refractivity contribution is 7.89. The Morgan fingerprint density at radius 2 is 1.55 bits per heavy atom. The predicted molar refractivity (Wildman–Crippen MR) is 124 cm³/mol. The van der Waals surface area contributed by atoms with Crippen molar-refractivity contribution in [2.45, 2.75) is 17.4 Å². The van der Waals surface area contributed by atoms with Gasteiger partial charge in [0.2, 0.25) is 15.9 Å². The molecule has 0 radical (unpaired) electrons. The number of para-hydroxylation sites is 1. The van der Waals surface area contributed by atoms with E-state index in [1.165, 1.54) is 20.2 Å². The Hall–Kier alpha value is -3.56. The second-order valence-electron chi connectivity index (χ2n) is 7.50. The highest BCUT2D eigenvalue weighted by Gasteiger charge is 2.26. The number of sulfonamides is 1. The van der Waals surface area contributed by atoms with Crippen molar-refractivity contribution in [2.24, 2.45) is 0 Å². The van der Waals surface area contributed by atoms with Gasteiger partial charge in [0.25, 0.3) is 5.91 Å². The smallest absolute Gasteiger partial charge is 0.251 e. The molecular weight excluding hydrogens is 445 g/mol. The van der Waals surface area contributed by atoms with Crippen LogP contribution in [0.15, 0.2) is 83.8 Å². The molecular formula is C24H24FN3O4S. The van der Waals surface area contributed by atoms with E-state index >= 15 is 0 Å². The van der Waals surface area contributed by atoms with Crippen LogP contribution in [0.1, 0.15) is 15.9 Å². The summed E-state index contributed by atoms with van der Waals surface area (Å²) < 4.78 is 39.9. The van der Waals surface area contributed by atoms with Crippen molar-refractivity contribution in [3.8, 4) is 0 Å². The Morgan fingerprint density at radius 3 is 2.15 bits per heavy atom. The lowest BCUT2D eigenvalue weighted by Crippen LogP contribution is -2.45. The number of hydrogen-bond donors (Lipinski definition) is 2. The molecule has 0 fully saturated rings. The molecule has 33 heavy (non-hydrogen) atoms. The first-order valence-corrected chi connectivity index (χ1v) is 11.6. The molecule has 3 aromatic rings. The third kappa shape index (κ3) is 6.03. The third-order valence-electron chi connectivity index (χ3n) is 4.90. The van der Waals surface area contributed by atoms with Crippen LogP contribution in [-0.2, 0) is 21.2 Å². The van der Waals surface area contributed by atoms with Gasteiger partial charge < -0.3 is 10.6 Å². The minimum atomic E-state index is -4.10. The van der Waals surface area contributed by atoms with Crippen molar-refractivity contribution in [3.05, 3.63) is 95.8 Å². The summed E-state index contributed by atoms with van der Waals surface area (Å²) in [7, 11) is -1.56. The van der Waals surface area contributed by atoms with E-state index < -0.39 is 38.6 Å². The maximum Gasteiger partial charge on any atom is 0.251 e. The van der Waals surface area contributed by atoms with E-state index in [4.69, 9.17) is 0 Å². The molecule has 0 spiro atoms. The Balaban J connectivity index is 1.87. The maximum absolute atomic E-state index is 14.2. The normalized spacial score (nSPS) is 12.2. The fourth-order valence-electron chi connectivity index (χ4n) is 3.09. The summed E-state index contributed by atoms with van der Waals surface area (Å²) in [6, 6.07) is 20.0. The lowest BCUT2D eigenvalue weighted by Gasteiger charge is -2.19. The summed E-state index contributed by atoms with van der Waals surface area (Å²) >= 11 is 0. The van der Waals surface area contributed by atoms with Crippen LogP contribution in [-0.4, -0.2) is 44.7 Å². The number of amides is 2. The summed E-state index contributed by atoms with van der Waals surface area (Å²) in [5.74, 6) is -2.11. The SMILES string of the molecule is CN(C)S(=O)(=O)c1cc(C(=O)NC(Cc2ccccc2)C(=O)Nc2ccccc2)ccc1F. The van der Waals surface area contributed by atoms with Gasteiger partial charge in [0.05, 0.1) is 0 Å². The van der Waals surface area contributed by atoms with Gasteiger partial charge in [0, 0.05) is 31.8 Å². The standard InChI is InChI=1S/C24H24FN3O4S/c1-28(2)33(31,32)22-16-18(13-14-20(22)25)23(29)27-21(15-17-9-5-3-6-10-17)24(30)26-19-11-7-4-8-12-19/h3-14,16,21H,15H2,1-2H3,(H,26,30)(H,27,29). The zero-order chi connectivity index (χ0) is 24.0. The molecule has 2 amide bonds. The number of anilines is 1. The Labute approximate surface area is 192 Å². The number of carbonyl (C=O) groups excluding carboxylic acids is 2. The predicted octanol–water partition coefficient (Wildman–Crippen LogP) is 3.06. The van der Waals surface area contributed by atoms with Crippen LogP contribution in [0, 0.1) is 5.82 Å². The molecule has 7 nitrogen and oxygen atoms in total. The zero-order valence-corrected chi connectivity index (χ0v) is 19.0. The second kappa shape index (κ2) is 10.4. The van der Waals surface area contributed by atoms with Crippen LogP contribution in [0.5, 0.6) is 0 Å². The lowest BCUT2D eigenvalue weighted by molar-refractivity contribution is -0.118. The summed E-state index contributed by atoms with van der Waals surface area (Å²) in [6.07, 6.45) is 0.204. The minimum absolute atomic E-state index is 0.0811. The van der Waals surface area contributed by atoms with E-state index in [1.54, 1.807) is 24.3 Å². The van der Waals surface area contributed by atoms with E-state index in [0.717, 1.165) is 22.0 Å². The lowest BCUT2D eigenvalue weighted by atomic mass is 10.0. The van der Waals surface area contributed by atoms with Crippen LogP contribution in [0.2, 0.25) is 0 Å². The van der Waals surface area contributed by atoms with E-state index in [1.807, 2.05) is 36.4 Å². The van der Waals surface area contributed by atoms with E-state index in [2.05, 4.69) is 10.6 Å². The van der Waals surface area contributed by atoms with Gasteiger partial charge in [-0.15, -0.1) is 0 Å². The molecule has 0 heterocycles. The third-order valence-corrected chi connectivity index (χ3v) is 6.73. The molecule has 3 aromatic carbocycles. The van der Waals surface area contributed by atoms with Crippen molar-refractivity contribution in [1.29, 1.82) is 0 Å². The Kier molecular flexibility index (Phi) is 7.57. The molecule has 0 aliphatic rings. The van der Waals surface area contributed by atoms with Crippen molar-refractivity contribution >= 4 is 27.5 Å². The molecule has 172 valence electrons. The average molecular weight is 470 g/mol.